The van der Waals surface area contributed by atoms with Gasteiger partial charge in [-0.2, -0.15) is 13.2 Å². The van der Waals surface area contributed by atoms with E-state index in [0.717, 1.165) is 18.2 Å². The number of hydrogen-bond acceptors (Lipinski definition) is 4. The molecule has 1 unspecified atom stereocenters. The molecule has 0 saturated heterocycles. The Hall–Kier alpha value is -1.41. The van der Waals surface area contributed by atoms with Crippen LogP contribution < -0.4 is 0 Å². The zero-order valence-corrected chi connectivity index (χ0v) is 13.6. The average Bonchev–Trinajstić information content (AvgIpc) is 2.80. The second-order valence-electron chi connectivity index (χ2n) is 6.49. The summed E-state index contributed by atoms with van der Waals surface area (Å²) in [5, 5.41) is 17.8. The van der Waals surface area contributed by atoms with Crippen molar-refractivity contribution in [3.05, 3.63) is 18.0 Å². The minimum atomic E-state index is -4.63. The summed E-state index contributed by atoms with van der Waals surface area (Å²) in [6, 6.07) is 0.209. The molecular weight excluding hydrogens is 309 g/mol. The van der Waals surface area contributed by atoms with Crippen molar-refractivity contribution in [1.82, 2.24) is 19.9 Å². The van der Waals surface area contributed by atoms with E-state index >= 15 is 0 Å². The third kappa shape index (κ3) is 4.32. The molecule has 0 fully saturated rings. The Bertz CT molecular complexity index is 563. The maximum absolute atomic E-state index is 12.8. The van der Waals surface area contributed by atoms with E-state index in [1.165, 1.54) is 0 Å². The van der Waals surface area contributed by atoms with Crippen LogP contribution in [0.1, 0.15) is 45.3 Å². The van der Waals surface area contributed by atoms with Crippen LogP contribution in [0.4, 0.5) is 13.2 Å². The van der Waals surface area contributed by atoms with Crippen molar-refractivity contribution in [3.8, 4) is 0 Å². The summed E-state index contributed by atoms with van der Waals surface area (Å²) in [5.41, 5.74) is -0.938. The quantitative estimate of drug-likeness (QED) is 0.921. The van der Waals surface area contributed by atoms with Gasteiger partial charge in [0.2, 0.25) is 0 Å². The predicted molar refractivity (Wildman–Crippen MR) is 80.7 cm³/mol. The van der Waals surface area contributed by atoms with Gasteiger partial charge >= 0.3 is 6.18 Å². The Kier molecular flexibility index (Phi) is 5.15. The first-order valence-corrected chi connectivity index (χ1v) is 7.73. The van der Waals surface area contributed by atoms with E-state index in [9.17, 15) is 18.3 Å². The molecule has 0 saturated carbocycles. The Balaban J connectivity index is 2.00. The van der Waals surface area contributed by atoms with Gasteiger partial charge in [-0.3, -0.25) is 4.90 Å². The normalized spacial score (nSPS) is 20.3. The second kappa shape index (κ2) is 6.60. The van der Waals surface area contributed by atoms with E-state index in [4.69, 9.17) is 0 Å². The standard InChI is InChI=1S/C15H23F3N4O/c1-11(2)22-9-13(19-20-22)12-5-4-7-21(8-6-12)10-14(3,23)15(16,17)18/h5,9,11,23H,4,6-8,10H2,1-3H3. The van der Waals surface area contributed by atoms with Gasteiger partial charge in [0.05, 0.1) is 6.20 Å². The Morgan fingerprint density at radius 3 is 2.57 bits per heavy atom. The first kappa shape index (κ1) is 17.9. The Morgan fingerprint density at radius 2 is 2.00 bits per heavy atom. The van der Waals surface area contributed by atoms with Gasteiger partial charge in [0, 0.05) is 25.7 Å². The van der Waals surface area contributed by atoms with Crippen LogP contribution in [0.25, 0.3) is 5.57 Å². The molecule has 5 nitrogen and oxygen atoms in total. The minimum absolute atomic E-state index is 0.209. The number of rotatable bonds is 4. The van der Waals surface area contributed by atoms with Crippen molar-refractivity contribution in [2.24, 2.45) is 0 Å². The minimum Gasteiger partial charge on any atom is -0.380 e. The van der Waals surface area contributed by atoms with Gasteiger partial charge in [-0.25, -0.2) is 4.68 Å². The smallest absolute Gasteiger partial charge is 0.380 e. The molecule has 1 aromatic heterocycles. The molecule has 0 amide bonds. The number of aliphatic hydroxyl groups is 1. The van der Waals surface area contributed by atoms with E-state index in [1.54, 1.807) is 9.58 Å². The number of β-amino-alcohol motifs (C(OH)–C–C–N with tert-alkyl or cyclic N) is 1. The van der Waals surface area contributed by atoms with Crippen molar-refractivity contribution in [3.63, 3.8) is 0 Å². The lowest BCUT2D eigenvalue weighted by atomic mass is 10.1. The van der Waals surface area contributed by atoms with Crippen LogP contribution >= 0.6 is 0 Å². The van der Waals surface area contributed by atoms with Crippen molar-refractivity contribution in [2.45, 2.75) is 51.4 Å². The zero-order valence-electron chi connectivity index (χ0n) is 13.6. The SMILES string of the molecule is CC(C)n1cc(C2=CCCN(CC(C)(O)C(F)(F)F)CC2)nn1. The molecular formula is C15H23F3N4O. The fourth-order valence-electron chi connectivity index (χ4n) is 2.51. The predicted octanol–water partition coefficient (Wildman–Crippen LogP) is 2.65. The summed E-state index contributed by atoms with van der Waals surface area (Å²) >= 11 is 0. The number of aromatic nitrogens is 3. The summed E-state index contributed by atoms with van der Waals surface area (Å²) in [5.74, 6) is 0. The molecule has 0 bridgehead atoms. The first-order valence-electron chi connectivity index (χ1n) is 7.73. The Labute approximate surface area is 133 Å². The number of alkyl halides is 3. The molecule has 0 aliphatic carbocycles. The molecule has 0 radical (unpaired) electrons. The lowest BCUT2D eigenvalue weighted by molar-refractivity contribution is -0.257. The molecule has 2 heterocycles. The van der Waals surface area contributed by atoms with Crippen LogP contribution in [0, 0.1) is 0 Å². The van der Waals surface area contributed by atoms with E-state index in [0.29, 0.717) is 25.9 Å². The van der Waals surface area contributed by atoms with E-state index in [-0.39, 0.29) is 6.04 Å². The fraction of sp³-hybridized carbons (Fsp3) is 0.733. The van der Waals surface area contributed by atoms with Crippen LogP contribution in [0.3, 0.4) is 0 Å². The van der Waals surface area contributed by atoms with Crippen LogP contribution in [-0.4, -0.2) is 56.4 Å². The number of hydrogen-bond donors (Lipinski definition) is 1. The molecule has 0 aromatic carbocycles. The van der Waals surface area contributed by atoms with Gasteiger partial charge in [-0.05, 0) is 39.2 Å². The highest BCUT2D eigenvalue weighted by Gasteiger charge is 2.50. The first-order chi connectivity index (χ1) is 10.6. The van der Waals surface area contributed by atoms with Gasteiger partial charge in [0.15, 0.2) is 5.60 Å². The monoisotopic (exact) mass is 332 g/mol. The maximum atomic E-state index is 12.8. The third-order valence-corrected chi connectivity index (χ3v) is 4.04. The maximum Gasteiger partial charge on any atom is 0.418 e. The van der Waals surface area contributed by atoms with E-state index < -0.39 is 18.3 Å². The highest BCUT2D eigenvalue weighted by Crippen LogP contribution is 2.31. The molecule has 23 heavy (non-hydrogen) atoms. The van der Waals surface area contributed by atoms with Crippen LogP contribution in [0.5, 0.6) is 0 Å². The zero-order chi connectivity index (χ0) is 17.3. The summed E-state index contributed by atoms with van der Waals surface area (Å²) < 4.78 is 40.2. The third-order valence-electron chi connectivity index (χ3n) is 4.04. The van der Waals surface area contributed by atoms with Crippen LogP contribution in [-0.2, 0) is 0 Å². The van der Waals surface area contributed by atoms with Gasteiger partial charge in [-0.15, -0.1) is 5.10 Å². The number of nitrogens with zero attached hydrogens (tertiary/aromatic N) is 4. The van der Waals surface area contributed by atoms with Crippen LogP contribution in [0.15, 0.2) is 12.3 Å². The molecule has 1 aliphatic heterocycles. The van der Waals surface area contributed by atoms with Crippen molar-refractivity contribution < 1.29 is 18.3 Å². The summed E-state index contributed by atoms with van der Waals surface area (Å²) in [6.45, 7) is 5.33. The molecule has 2 rings (SSSR count). The molecule has 8 heteroatoms. The lowest BCUT2D eigenvalue weighted by Gasteiger charge is -2.32. The molecule has 1 atom stereocenters. The average molecular weight is 332 g/mol. The van der Waals surface area contributed by atoms with E-state index in [1.807, 2.05) is 26.1 Å². The topological polar surface area (TPSA) is 54.2 Å². The molecule has 1 aliphatic rings. The summed E-state index contributed by atoms with van der Waals surface area (Å²) in [4.78, 5) is 1.64. The highest BCUT2D eigenvalue weighted by atomic mass is 19.4. The van der Waals surface area contributed by atoms with E-state index in [2.05, 4.69) is 10.3 Å². The van der Waals surface area contributed by atoms with Crippen molar-refractivity contribution in [2.75, 3.05) is 19.6 Å². The fourth-order valence-corrected chi connectivity index (χ4v) is 2.51. The summed E-state index contributed by atoms with van der Waals surface area (Å²) in [6.07, 6.45) is 0.438. The van der Waals surface area contributed by atoms with Gasteiger partial charge in [0.25, 0.3) is 0 Å². The largest absolute Gasteiger partial charge is 0.418 e. The van der Waals surface area contributed by atoms with Gasteiger partial charge in [-0.1, -0.05) is 11.3 Å². The van der Waals surface area contributed by atoms with Crippen molar-refractivity contribution >= 4 is 5.57 Å². The molecule has 130 valence electrons. The number of halogens is 3. The Morgan fingerprint density at radius 1 is 1.30 bits per heavy atom. The van der Waals surface area contributed by atoms with Crippen molar-refractivity contribution in [1.29, 1.82) is 0 Å². The summed E-state index contributed by atoms with van der Waals surface area (Å²) in [7, 11) is 0. The van der Waals surface area contributed by atoms with Crippen LogP contribution in [0.2, 0.25) is 0 Å². The van der Waals surface area contributed by atoms with Gasteiger partial charge in [0.1, 0.15) is 5.69 Å². The molecule has 1 N–H and O–H groups in total. The molecule has 0 spiro atoms. The molecule has 1 aromatic rings. The second-order valence-corrected chi connectivity index (χ2v) is 6.49. The highest BCUT2D eigenvalue weighted by molar-refractivity contribution is 5.62. The lowest BCUT2D eigenvalue weighted by Crippen LogP contribution is -2.51. The van der Waals surface area contributed by atoms with Gasteiger partial charge < -0.3 is 5.11 Å².